The van der Waals surface area contributed by atoms with Gasteiger partial charge < -0.3 is 15.0 Å². The summed E-state index contributed by atoms with van der Waals surface area (Å²) in [6.07, 6.45) is 4.62. The fourth-order valence-electron chi connectivity index (χ4n) is 2.83. The molecule has 5 nitrogen and oxygen atoms in total. The van der Waals surface area contributed by atoms with Crippen LogP contribution in [0, 0.1) is 0 Å². The van der Waals surface area contributed by atoms with Crippen LogP contribution in [0.25, 0.3) is 0 Å². The molecule has 23 heavy (non-hydrogen) atoms. The number of hydrogen-bond donors (Lipinski definition) is 2. The Morgan fingerprint density at radius 3 is 2.96 bits per heavy atom. The Morgan fingerprint density at radius 2 is 2.17 bits per heavy atom. The van der Waals surface area contributed by atoms with Crippen molar-refractivity contribution in [3.8, 4) is 0 Å². The van der Waals surface area contributed by atoms with Crippen molar-refractivity contribution in [2.75, 3.05) is 6.61 Å². The maximum Gasteiger partial charge on any atom is 0.355 e. The van der Waals surface area contributed by atoms with Gasteiger partial charge in [-0.05, 0) is 52.4 Å². The van der Waals surface area contributed by atoms with Crippen LogP contribution in [-0.2, 0) is 16.0 Å². The standard InChI is InChI=1S/C17H17BrN2O3/c18-12-8-15(19-9-12)17(22)23-10-16(21)20-14-7-3-5-11-4-1-2-6-13(11)14/h1-2,4,6,8-9,14,19H,3,5,7,10H2,(H,20,21). The molecule has 1 unspecified atom stereocenters. The number of benzene rings is 1. The molecule has 1 aliphatic carbocycles. The Labute approximate surface area is 142 Å². The second-order valence-corrected chi connectivity index (χ2v) is 6.43. The van der Waals surface area contributed by atoms with Crippen molar-refractivity contribution in [3.63, 3.8) is 0 Å². The van der Waals surface area contributed by atoms with Gasteiger partial charge >= 0.3 is 5.97 Å². The number of hydrogen-bond acceptors (Lipinski definition) is 3. The van der Waals surface area contributed by atoms with Crippen LogP contribution in [0.3, 0.4) is 0 Å². The highest BCUT2D eigenvalue weighted by Gasteiger charge is 2.22. The summed E-state index contributed by atoms with van der Waals surface area (Å²) in [5.74, 6) is -0.833. The zero-order valence-electron chi connectivity index (χ0n) is 12.5. The maximum atomic E-state index is 12.1. The molecule has 6 heteroatoms. The molecule has 0 saturated heterocycles. The lowest BCUT2D eigenvalue weighted by Crippen LogP contribution is -2.34. The molecule has 1 heterocycles. The second-order valence-electron chi connectivity index (χ2n) is 5.52. The summed E-state index contributed by atoms with van der Waals surface area (Å²) in [7, 11) is 0. The van der Waals surface area contributed by atoms with E-state index in [4.69, 9.17) is 4.74 Å². The fraction of sp³-hybridized carbons (Fsp3) is 0.294. The van der Waals surface area contributed by atoms with Gasteiger partial charge in [-0.3, -0.25) is 4.79 Å². The van der Waals surface area contributed by atoms with E-state index in [1.54, 1.807) is 12.3 Å². The number of aryl methyl sites for hydroxylation is 1. The van der Waals surface area contributed by atoms with Crippen LogP contribution in [0.1, 0.15) is 40.5 Å². The summed E-state index contributed by atoms with van der Waals surface area (Å²) in [6.45, 7) is -0.284. The van der Waals surface area contributed by atoms with E-state index < -0.39 is 5.97 Å². The van der Waals surface area contributed by atoms with Crippen LogP contribution in [-0.4, -0.2) is 23.5 Å². The van der Waals surface area contributed by atoms with Crippen molar-refractivity contribution in [1.29, 1.82) is 0 Å². The van der Waals surface area contributed by atoms with E-state index in [-0.39, 0.29) is 18.6 Å². The molecule has 0 radical (unpaired) electrons. The van der Waals surface area contributed by atoms with E-state index in [0.29, 0.717) is 5.69 Å². The van der Waals surface area contributed by atoms with Gasteiger partial charge in [0.25, 0.3) is 5.91 Å². The van der Waals surface area contributed by atoms with Crippen molar-refractivity contribution in [3.05, 3.63) is 57.8 Å². The van der Waals surface area contributed by atoms with Crippen LogP contribution in [0.4, 0.5) is 0 Å². The minimum absolute atomic E-state index is 0.00853. The monoisotopic (exact) mass is 376 g/mol. The normalized spacial score (nSPS) is 16.5. The number of aromatic nitrogens is 1. The molecule has 0 spiro atoms. The number of rotatable bonds is 4. The van der Waals surface area contributed by atoms with Gasteiger partial charge in [0.1, 0.15) is 5.69 Å². The predicted molar refractivity (Wildman–Crippen MR) is 89.0 cm³/mol. The van der Waals surface area contributed by atoms with Crippen LogP contribution < -0.4 is 5.32 Å². The van der Waals surface area contributed by atoms with Crippen molar-refractivity contribution in [2.45, 2.75) is 25.3 Å². The number of halogens is 1. The van der Waals surface area contributed by atoms with Crippen molar-refractivity contribution in [1.82, 2.24) is 10.3 Å². The van der Waals surface area contributed by atoms with Crippen molar-refractivity contribution in [2.24, 2.45) is 0 Å². The van der Waals surface area contributed by atoms with E-state index in [9.17, 15) is 9.59 Å². The minimum atomic E-state index is -0.546. The summed E-state index contributed by atoms with van der Waals surface area (Å²) in [5.41, 5.74) is 2.75. The molecule has 0 saturated carbocycles. The lowest BCUT2D eigenvalue weighted by Gasteiger charge is -2.26. The van der Waals surface area contributed by atoms with Crippen LogP contribution in [0.15, 0.2) is 41.0 Å². The van der Waals surface area contributed by atoms with E-state index in [1.807, 2.05) is 18.2 Å². The van der Waals surface area contributed by atoms with E-state index >= 15 is 0 Å². The number of carbonyl (C=O) groups is 2. The van der Waals surface area contributed by atoms with Gasteiger partial charge in [0.2, 0.25) is 0 Å². The smallest absolute Gasteiger partial charge is 0.355 e. The lowest BCUT2D eigenvalue weighted by molar-refractivity contribution is -0.125. The van der Waals surface area contributed by atoms with Gasteiger partial charge in [-0.1, -0.05) is 24.3 Å². The Balaban J connectivity index is 1.55. The van der Waals surface area contributed by atoms with Crippen molar-refractivity contribution < 1.29 is 14.3 Å². The zero-order valence-corrected chi connectivity index (χ0v) is 14.1. The molecular formula is C17H17BrN2O3. The number of aromatic amines is 1. The lowest BCUT2D eigenvalue weighted by atomic mass is 9.88. The maximum absolute atomic E-state index is 12.1. The molecule has 0 fully saturated rings. The summed E-state index contributed by atoms with van der Waals surface area (Å²) in [5, 5.41) is 2.95. The van der Waals surface area contributed by atoms with Gasteiger partial charge in [0.15, 0.2) is 6.61 Å². The minimum Gasteiger partial charge on any atom is -0.451 e. The van der Waals surface area contributed by atoms with E-state index in [2.05, 4.69) is 32.3 Å². The van der Waals surface area contributed by atoms with E-state index in [1.165, 1.54) is 5.56 Å². The third-order valence-electron chi connectivity index (χ3n) is 3.91. The molecule has 3 rings (SSSR count). The molecule has 0 aliphatic heterocycles. The van der Waals surface area contributed by atoms with Crippen molar-refractivity contribution >= 4 is 27.8 Å². The van der Waals surface area contributed by atoms with Crippen LogP contribution in [0.2, 0.25) is 0 Å². The Bertz CT molecular complexity index is 726. The van der Waals surface area contributed by atoms with E-state index in [0.717, 1.165) is 29.3 Å². The third kappa shape index (κ3) is 3.82. The first-order valence-electron chi connectivity index (χ1n) is 7.51. The molecular weight excluding hydrogens is 360 g/mol. The SMILES string of the molecule is O=C(COC(=O)c1cc(Br)c[nH]1)NC1CCCc2ccccc21. The molecule has 1 amide bonds. The number of ether oxygens (including phenoxy) is 1. The third-order valence-corrected chi connectivity index (χ3v) is 4.36. The van der Waals surface area contributed by atoms with Gasteiger partial charge in [-0.2, -0.15) is 0 Å². The summed E-state index contributed by atoms with van der Waals surface area (Å²) in [6, 6.07) is 9.73. The molecule has 1 atom stereocenters. The Kier molecular flexibility index (Phi) is 4.81. The van der Waals surface area contributed by atoms with Gasteiger partial charge in [-0.15, -0.1) is 0 Å². The number of H-pyrrole nitrogens is 1. The highest BCUT2D eigenvalue weighted by Crippen LogP contribution is 2.29. The number of carbonyl (C=O) groups excluding carboxylic acids is 2. The highest BCUT2D eigenvalue weighted by atomic mass is 79.9. The average Bonchev–Trinajstić information content (AvgIpc) is 2.99. The summed E-state index contributed by atoms with van der Waals surface area (Å²) < 4.78 is 5.79. The van der Waals surface area contributed by atoms with Gasteiger partial charge in [0, 0.05) is 10.7 Å². The second kappa shape index (κ2) is 7.00. The average molecular weight is 377 g/mol. The van der Waals surface area contributed by atoms with Crippen LogP contribution in [0.5, 0.6) is 0 Å². The first kappa shape index (κ1) is 15.8. The number of fused-ring (bicyclic) bond motifs is 1. The Hall–Kier alpha value is -2.08. The number of amides is 1. The fourth-order valence-corrected chi connectivity index (χ4v) is 3.18. The molecule has 2 aromatic rings. The van der Waals surface area contributed by atoms with Crippen LogP contribution >= 0.6 is 15.9 Å². The first-order chi connectivity index (χ1) is 11.1. The molecule has 0 bridgehead atoms. The van der Waals surface area contributed by atoms with Gasteiger partial charge in [0.05, 0.1) is 6.04 Å². The zero-order chi connectivity index (χ0) is 16.2. The molecule has 120 valence electrons. The summed E-state index contributed by atoms with van der Waals surface area (Å²) in [4.78, 5) is 26.6. The topological polar surface area (TPSA) is 71.2 Å². The largest absolute Gasteiger partial charge is 0.451 e. The molecule has 1 aromatic carbocycles. The molecule has 1 aliphatic rings. The molecule has 2 N–H and O–H groups in total. The number of esters is 1. The summed E-state index contributed by atoms with van der Waals surface area (Å²) >= 11 is 3.24. The Morgan fingerprint density at radius 1 is 1.35 bits per heavy atom. The number of nitrogens with one attached hydrogen (secondary N) is 2. The van der Waals surface area contributed by atoms with Gasteiger partial charge in [-0.25, -0.2) is 4.79 Å². The predicted octanol–water partition coefficient (Wildman–Crippen LogP) is 3.13. The molecule has 1 aromatic heterocycles. The quantitative estimate of drug-likeness (QED) is 0.805. The first-order valence-corrected chi connectivity index (χ1v) is 8.31. The highest BCUT2D eigenvalue weighted by molar-refractivity contribution is 9.10.